The van der Waals surface area contributed by atoms with Crippen molar-refractivity contribution in [3.05, 3.63) is 24.3 Å². The van der Waals surface area contributed by atoms with Crippen LogP contribution >= 0.6 is 0 Å². The van der Waals surface area contributed by atoms with Crippen LogP contribution in [0.1, 0.15) is 32.1 Å². The van der Waals surface area contributed by atoms with Gasteiger partial charge in [0.05, 0.1) is 5.69 Å². The number of aliphatic imine (C=N–C) groups is 1. The molecule has 0 unspecified atom stereocenters. The van der Waals surface area contributed by atoms with Gasteiger partial charge in [0.15, 0.2) is 0 Å². The molecule has 2 N–H and O–H groups in total. The average Bonchev–Trinajstić information content (AvgIpc) is 2.44. The van der Waals surface area contributed by atoms with Crippen molar-refractivity contribution in [3.63, 3.8) is 0 Å². The Morgan fingerprint density at radius 3 is 2.58 bits per heavy atom. The first-order valence-corrected chi connectivity index (χ1v) is 8.02. The quantitative estimate of drug-likeness (QED) is 0.800. The fourth-order valence-electron chi connectivity index (χ4n) is 2.80. The molecule has 1 heterocycles. The van der Waals surface area contributed by atoms with Crippen LogP contribution in [0.4, 0.5) is 5.69 Å². The van der Waals surface area contributed by atoms with E-state index >= 15 is 0 Å². The van der Waals surface area contributed by atoms with Crippen LogP contribution in [0.5, 0.6) is 0 Å². The molecule has 3 rings (SSSR count). The highest BCUT2D eigenvalue weighted by Gasteiger charge is 2.35. The van der Waals surface area contributed by atoms with Crippen LogP contribution in [0.15, 0.2) is 34.2 Å². The first kappa shape index (κ1) is 12.6. The minimum Gasteiger partial charge on any atom is -0.232 e. The van der Waals surface area contributed by atoms with Crippen molar-refractivity contribution in [1.29, 1.82) is 0 Å². The zero-order valence-electron chi connectivity index (χ0n) is 10.6. The molecule has 1 fully saturated rings. The maximum Gasteiger partial charge on any atom is 0.280 e. The van der Waals surface area contributed by atoms with Crippen LogP contribution in [-0.2, 0) is 10.0 Å². The van der Waals surface area contributed by atoms with Crippen molar-refractivity contribution in [3.8, 4) is 0 Å². The van der Waals surface area contributed by atoms with E-state index in [1.54, 1.807) is 24.3 Å². The number of amidine groups is 1. The van der Waals surface area contributed by atoms with Crippen LogP contribution in [0.3, 0.4) is 0 Å². The maximum absolute atomic E-state index is 12.4. The molecular weight excluding hydrogens is 262 g/mol. The van der Waals surface area contributed by atoms with E-state index in [0.717, 1.165) is 30.1 Å². The Morgan fingerprint density at radius 2 is 1.84 bits per heavy atom. The number of hydrogen-bond donors (Lipinski definition) is 1. The van der Waals surface area contributed by atoms with Crippen molar-refractivity contribution in [2.75, 3.05) is 0 Å². The van der Waals surface area contributed by atoms with Gasteiger partial charge in [-0.05, 0) is 25.0 Å². The van der Waals surface area contributed by atoms with Crippen LogP contribution in [0.2, 0.25) is 0 Å². The minimum absolute atomic E-state index is 0.155. The molecule has 0 bridgehead atoms. The number of nitrogens with two attached hydrogens (primary N) is 1. The molecule has 1 aliphatic heterocycles. The van der Waals surface area contributed by atoms with E-state index in [0.29, 0.717) is 11.5 Å². The van der Waals surface area contributed by atoms with Gasteiger partial charge < -0.3 is 0 Å². The predicted octanol–water partition coefficient (Wildman–Crippen LogP) is 2.17. The fourth-order valence-corrected chi connectivity index (χ4v) is 4.08. The number of para-hydroxylation sites is 1. The molecule has 1 aliphatic carbocycles. The average molecular weight is 279 g/mol. The summed E-state index contributed by atoms with van der Waals surface area (Å²) < 4.78 is 25.6. The number of hydrazine groups is 1. The monoisotopic (exact) mass is 279 g/mol. The number of rotatable bonds is 1. The Morgan fingerprint density at radius 1 is 1.16 bits per heavy atom. The third kappa shape index (κ3) is 2.04. The Balaban J connectivity index is 2.09. The lowest BCUT2D eigenvalue weighted by Crippen LogP contribution is -2.47. The van der Waals surface area contributed by atoms with E-state index in [9.17, 15) is 8.42 Å². The molecule has 2 aliphatic rings. The molecule has 0 aromatic heterocycles. The number of nitrogens with zero attached hydrogens (tertiary/aromatic N) is 2. The van der Waals surface area contributed by atoms with Crippen LogP contribution < -0.4 is 5.84 Å². The van der Waals surface area contributed by atoms with Gasteiger partial charge in [-0.1, -0.05) is 31.4 Å². The highest BCUT2D eigenvalue weighted by Crippen LogP contribution is 2.35. The summed E-state index contributed by atoms with van der Waals surface area (Å²) in [7, 11) is -3.64. The van der Waals surface area contributed by atoms with Crippen molar-refractivity contribution in [2.45, 2.75) is 37.0 Å². The maximum atomic E-state index is 12.4. The molecule has 0 saturated heterocycles. The summed E-state index contributed by atoms with van der Waals surface area (Å²) in [5.41, 5.74) is 0.504. The van der Waals surface area contributed by atoms with Gasteiger partial charge in [0.1, 0.15) is 10.7 Å². The van der Waals surface area contributed by atoms with Gasteiger partial charge in [0.2, 0.25) is 0 Å². The van der Waals surface area contributed by atoms with E-state index < -0.39 is 10.0 Å². The standard InChI is InChI=1S/C13H17N3O2S/c14-16-13(10-6-2-1-3-7-10)15-11-8-4-5-9-12(11)19(16,17)18/h4-5,8-10H,1-3,6-7,14H2. The third-order valence-electron chi connectivity index (χ3n) is 3.83. The molecule has 1 aromatic carbocycles. The first-order valence-electron chi connectivity index (χ1n) is 6.58. The summed E-state index contributed by atoms with van der Waals surface area (Å²) in [6, 6.07) is 6.75. The Labute approximate surface area is 113 Å². The summed E-state index contributed by atoms with van der Waals surface area (Å²) in [6.07, 6.45) is 5.35. The minimum atomic E-state index is -3.64. The summed E-state index contributed by atoms with van der Waals surface area (Å²) in [5.74, 6) is 6.47. The Hall–Kier alpha value is -1.40. The molecule has 19 heavy (non-hydrogen) atoms. The van der Waals surface area contributed by atoms with Gasteiger partial charge in [-0.15, -0.1) is 0 Å². The van der Waals surface area contributed by atoms with E-state index in [-0.39, 0.29) is 10.8 Å². The summed E-state index contributed by atoms with van der Waals surface area (Å²) in [5, 5.41) is 0. The van der Waals surface area contributed by atoms with E-state index in [2.05, 4.69) is 4.99 Å². The van der Waals surface area contributed by atoms with Gasteiger partial charge >= 0.3 is 0 Å². The molecule has 1 saturated carbocycles. The lowest BCUT2D eigenvalue weighted by Gasteiger charge is -2.32. The summed E-state index contributed by atoms with van der Waals surface area (Å²) in [4.78, 5) is 4.68. The lowest BCUT2D eigenvalue weighted by atomic mass is 9.88. The Bertz CT molecular complexity index is 619. The van der Waals surface area contributed by atoms with Gasteiger partial charge in [-0.25, -0.2) is 10.8 Å². The lowest BCUT2D eigenvalue weighted by molar-refractivity contribution is 0.410. The highest BCUT2D eigenvalue weighted by molar-refractivity contribution is 7.89. The molecule has 6 heteroatoms. The van der Waals surface area contributed by atoms with E-state index in [1.807, 2.05) is 0 Å². The summed E-state index contributed by atoms with van der Waals surface area (Å²) >= 11 is 0. The number of fused-ring (bicyclic) bond motifs is 1. The molecule has 0 atom stereocenters. The van der Waals surface area contributed by atoms with Gasteiger partial charge in [0, 0.05) is 5.92 Å². The van der Waals surface area contributed by atoms with E-state index in [1.165, 1.54) is 6.42 Å². The zero-order chi connectivity index (χ0) is 13.5. The molecule has 0 amide bonds. The van der Waals surface area contributed by atoms with E-state index in [4.69, 9.17) is 5.84 Å². The van der Waals surface area contributed by atoms with Crippen LogP contribution in [0.25, 0.3) is 0 Å². The number of sulfonamides is 1. The second-order valence-electron chi connectivity index (χ2n) is 5.07. The molecule has 1 aromatic rings. The summed E-state index contributed by atoms with van der Waals surface area (Å²) in [6.45, 7) is 0. The predicted molar refractivity (Wildman–Crippen MR) is 73.3 cm³/mol. The zero-order valence-corrected chi connectivity index (χ0v) is 11.4. The second-order valence-corrected chi connectivity index (χ2v) is 6.86. The topological polar surface area (TPSA) is 75.8 Å². The normalized spacial score (nSPS) is 22.8. The van der Waals surface area contributed by atoms with Crippen molar-refractivity contribution >= 4 is 21.5 Å². The molecule has 0 spiro atoms. The van der Waals surface area contributed by atoms with Gasteiger partial charge in [-0.3, -0.25) is 0 Å². The molecule has 5 nitrogen and oxygen atoms in total. The molecule has 0 radical (unpaired) electrons. The number of hydrogen-bond acceptors (Lipinski definition) is 4. The SMILES string of the molecule is NN1C(C2CCCCC2)=Nc2ccccc2S1(=O)=O. The first-order chi connectivity index (χ1) is 9.10. The molecular formula is C13H17N3O2S. The smallest absolute Gasteiger partial charge is 0.232 e. The van der Waals surface area contributed by atoms with Crippen molar-refractivity contribution in [1.82, 2.24) is 4.41 Å². The Kier molecular flexibility index (Phi) is 3.06. The van der Waals surface area contributed by atoms with Crippen LogP contribution in [0, 0.1) is 5.92 Å². The van der Waals surface area contributed by atoms with Crippen molar-refractivity contribution in [2.24, 2.45) is 16.8 Å². The van der Waals surface area contributed by atoms with Crippen LogP contribution in [-0.4, -0.2) is 18.7 Å². The third-order valence-corrected chi connectivity index (χ3v) is 5.44. The number of benzene rings is 1. The van der Waals surface area contributed by atoms with Gasteiger partial charge in [0.25, 0.3) is 10.0 Å². The second kappa shape index (κ2) is 4.61. The van der Waals surface area contributed by atoms with Crippen molar-refractivity contribution < 1.29 is 8.42 Å². The molecule has 102 valence electrons. The largest absolute Gasteiger partial charge is 0.280 e. The fraction of sp³-hybridized carbons (Fsp3) is 0.462. The van der Waals surface area contributed by atoms with Gasteiger partial charge in [-0.2, -0.15) is 12.8 Å². The highest BCUT2D eigenvalue weighted by atomic mass is 32.2.